The zero-order valence-electron chi connectivity index (χ0n) is 14.8. The number of carbonyl (C=O) groups excluding carboxylic acids is 1. The summed E-state index contributed by atoms with van der Waals surface area (Å²) in [5.41, 5.74) is 0. The normalized spacial score (nSPS) is 14.0. The van der Waals surface area contributed by atoms with E-state index in [2.05, 4.69) is 0 Å². The van der Waals surface area contributed by atoms with Crippen LogP contribution in [0.25, 0.3) is 0 Å². The first-order valence-corrected chi connectivity index (χ1v) is 6.99. The minimum Gasteiger partial charge on any atom is -1.00 e. The van der Waals surface area contributed by atoms with Gasteiger partial charge in [-0.3, -0.25) is 9.59 Å². The maximum Gasteiger partial charge on any atom is 0.309 e. The van der Waals surface area contributed by atoms with Crippen molar-refractivity contribution in [1.82, 2.24) is 0 Å². The maximum absolute atomic E-state index is 11.8. The highest BCUT2D eigenvalue weighted by atomic mass is 35.5. The van der Waals surface area contributed by atoms with E-state index >= 15 is 0 Å². The molecule has 23 heavy (non-hydrogen) atoms. The molecule has 0 heterocycles. The molecule has 140 valence electrons. The number of carbonyl (C=O) groups is 2. The van der Waals surface area contributed by atoms with E-state index in [0.717, 1.165) is 0 Å². The van der Waals surface area contributed by atoms with Gasteiger partial charge in [-0.2, -0.15) is 0 Å². The van der Waals surface area contributed by atoms with Gasteiger partial charge in [0.1, 0.15) is 19.2 Å². The van der Waals surface area contributed by atoms with Gasteiger partial charge in [0.15, 0.2) is 6.10 Å². The van der Waals surface area contributed by atoms with E-state index in [1.165, 1.54) is 0 Å². The van der Waals surface area contributed by atoms with Crippen molar-refractivity contribution in [2.45, 2.75) is 25.0 Å². The number of hydrogen-bond donors (Lipinski definition) is 2. The van der Waals surface area contributed by atoms with Gasteiger partial charge in [0.05, 0.1) is 55.1 Å². The Bertz CT molecular complexity index is 367. The first-order chi connectivity index (χ1) is 9.28. The number of esters is 1. The zero-order valence-corrected chi connectivity index (χ0v) is 16.3. The van der Waals surface area contributed by atoms with E-state index in [9.17, 15) is 14.7 Å². The molecule has 0 amide bonds. The van der Waals surface area contributed by atoms with Crippen LogP contribution in [-0.2, 0) is 14.3 Å². The van der Waals surface area contributed by atoms with Gasteiger partial charge in [0.25, 0.3) is 0 Å². The Morgan fingerprint density at radius 1 is 0.913 bits per heavy atom. The number of quaternary nitrogens is 2. The molecule has 0 rings (SSSR count). The van der Waals surface area contributed by atoms with Gasteiger partial charge in [-0.15, -0.1) is 0 Å². The Kier molecular flexibility index (Phi) is 13.1. The highest BCUT2D eigenvalue weighted by molar-refractivity contribution is 5.71. The number of halogens is 2. The molecule has 2 atom stereocenters. The molecule has 0 aromatic carbocycles. The van der Waals surface area contributed by atoms with Crippen molar-refractivity contribution in [3.05, 3.63) is 0 Å². The Labute approximate surface area is 151 Å². The molecule has 0 fully saturated rings. The molecule has 0 saturated heterocycles. The van der Waals surface area contributed by atoms with Crippen molar-refractivity contribution in [2.75, 3.05) is 55.4 Å². The summed E-state index contributed by atoms with van der Waals surface area (Å²) in [7, 11) is 11.4. The second kappa shape index (κ2) is 11.0. The number of hydrogen-bond acceptors (Lipinski definition) is 4. The van der Waals surface area contributed by atoms with Crippen LogP contribution in [0.2, 0.25) is 0 Å². The van der Waals surface area contributed by atoms with E-state index in [-0.39, 0.29) is 37.7 Å². The van der Waals surface area contributed by atoms with Crippen LogP contribution in [0.1, 0.15) is 12.8 Å². The van der Waals surface area contributed by atoms with Crippen LogP contribution >= 0.6 is 0 Å². The number of aliphatic carboxylic acids is 1. The number of carboxylic acid groups (broad SMARTS) is 1. The number of nitrogens with zero attached hydrogens (tertiary/aromatic N) is 2. The Hall–Kier alpha value is -0.600. The molecule has 7 nitrogen and oxygen atoms in total. The van der Waals surface area contributed by atoms with Gasteiger partial charge in [-0.1, -0.05) is 0 Å². The molecule has 0 spiro atoms. The fraction of sp³-hybridized carbons (Fsp3) is 0.857. The first-order valence-electron chi connectivity index (χ1n) is 6.99. The molecule has 0 aliphatic rings. The van der Waals surface area contributed by atoms with Gasteiger partial charge in [0, 0.05) is 0 Å². The number of ether oxygens (including phenoxy) is 1. The third-order valence-corrected chi connectivity index (χ3v) is 2.61. The molecule has 0 radical (unpaired) electrons. The number of aliphatic hydroxyl groups is 1. The highest BCUT2D eigenvalue weighted by Gasteiger charge is 2.26. The van der Waals surface area contributed by atoms with E-state index in [0.29, 0.717) is 22.1 Å². The third-order valence-electron chi connectivity index (χ3n) is 2.61. The van der Waals surface area contributed by atoms with E-state index in [4.69, 9.17) is 9.84 Å². The smallest absolute Gasteiger partial charge is 0.309 e. The van der Waals surface area contributed by atoms with Crippen molar-refractivity contribution in [1.29, 1.82) is 0 Å². The van der Waals surface area contributed by atoms with E-state index < -0.39 is 24.1 Å². The summed E-state index contributed by atoms with van der Waals surface area (Å²) in [5.74, 6) is -1.57. The minimum atomic E-state index is -1.01. The van der Waals surface area contributed by atoms with Crippen LogP contribution in [0.4, 0.5) is 0 Å². The van der Waals surface area contributed by atoms with Gasteiger partial charge in [0.2, 0.25) is 0 Å². The highest BCUT2D eigenvalue weighted by Crippen LogP contribution is 2.08. The summed E-state index contributed by atoms with van der Waals surface area (Å²) in [6.45, 7) is 0.831. The molecular weight excluding hydrogens is 347 g/mol. The lowest BCUT2D eigenvalue weighted by Crippen LogP contribution is -3.00. The number of likely N-dealkylation sites (N-methyl/N-ethyl adjacent to an activating group) is 2. The summed E-state index contributed by atoms with van der Waals surface area (Å²) in [4.78, 5) is 22.7. The lowest BCUT2D eigenvalue weighted by Gasteiger charge is -2.29. The van der Waals surface area contributed by atoms with Gasteiger partial charge >= 0.3 is 11.9 Å². The van der Waals surface area contributed by atoms with Crippen molar-refractivity contribution >= 4 is 11.9 Å². The Morgan fingerprint density at radius 2 is 1.35 bits per heavy atom. The Balaban J connectivity index is -0.00000200. The SMILES string of the molecule is C[N+](C)(C)CC(O)CC(=O)OC(CC(=O)O)C[N+](C)(C)C.[Cl-].[Cl-]. The summed E-state index contributed by atoms with van der Waals surface area (Å²) < 4.78 is 6.25. The average Bonchev–Trinajstić information content (AvgIpc) is 2.07. The van der Waals surface area contributed by atoms with E-state index in [1.54, 1.807) is 0 Å². The van der Waals surface area contributed by atoms with E-state index in [1.807, 2.05) is 42.3 Å². The number of aliphatic hydroxyl groups excluding tert-OH is 1. The predicted molar refractivity (Wildman–Crippen MR) is 78.6 cm³/mol. The first kappa shape index (κ1) is 27.3. The average molecular weight is 377 g/mol. The molecule has 0 aromatic heterocycles. The van der Waals surface area contributed by atoms with Crippen molar-refractivity contribution in [3.8, 4) is 0 Å². The van der Waals surface area contributed by atoms with Crippen LogP contribution in [0.15, 0.2) is 0 Å². The molecule has 9 heteroatoms. The lowest BCUT2D eigenvalue weighted by atomic mass is 10.2. The molecule has 0 aliphatic heterocycles. The van der Waals surface area contributed by atoms with Crippen LogP contribution in [0, 0.1) is 0 Å². The minimum absolute atomic E-state index is 0. The molecule has 0 bridgehead atoms. The van der Waals surface area contributed by atoms with Crippen molar-refractivity contribution in [3.63, 3.8) is 0 Å². The molecule has 2 N–H and O–H groups in total. The topological polar surface area (TPSA) is 83.8 Å². The lowest BCUT2D eigenvalue weighted by molar-refractivity contribution is -0.873. The quantitative estimate of drug-likeness (QED) is 0.309. The summed E-state index contributed by atoms with van der Waals surface area (Å²) in [5, 5.41) is 18.7. The van der Waals surface area contributed by atoms with Crippen LogP contribution < -0.4 is 24.8 Å². The summed E-state index contributed by atoms with van der Waals surface area (Å²) in [6, 6.07) is 0. The maximum atomic E-state index is 11.8. The molecule has 0 saturated carbocycles. The number of rotatable bonds is 9. The van der Waals surface area contributed by atoms with Gasteiger partial charge in [-0.05, 0) is 0 Å². The van der Waals surface area contributed by atoms with Crippen molar-refractivity contribution < 1.29 is 58.3 Å². The van der Waals surface area contributed by atoms with Crippen LogP contribution in [0.3, 0.4) is 0 Å². The molecular formula is C14H30Cl2N2O5. The largest absolute Gasteiger partial charge is 1.00 e. The summed E-state index contributed by atoms with van der Waals surface area (Å²) >= 11 is 0. The molecule has 0 aliphatic carbocycles. The third kappa shape index (κ3) is 17.6. The van der Waals surface area contributed by atoms with Crippen LogP contribution in [0.5, 0.6) is 0 Å². The second-order valence-electron chi connectivity index (χ2n) is 7.51. The number of carboxylic acids is 1. The fourth-order valence-electron chi connectivity index (χ4n) is 2.07. The van der Waals surface area contributed by atoms with Crippen LogP contribution in [-0.4, -0.2) is 98.7 Å². The summed E-state index contributed by atoms with van der Waals surface area (Å²) in [6.07, 6.45) is -1.84. The van der Waals surface area contributed by atoms with Gasteiger partial charge < -0.3 is 48.7 Å². The van der Waals surface area contributed by atoms with Gasteiger partial charge in [-0.25, -0.2) is 0 Å². The second-order valence-corrected chi connectivity index (χ2v) is 7.51. The molecule has 0 aromatic rings. The van der Waals surface area contributed by atoms with Crippen molar-refractivity contribution in [2.24, 2.45) is 0 Å². The monoisotopic (exact) mass is 376 g/mol. The zero-order chi connectivity index (χ0) is 16.8. The predicted octanol–water partition coefficient (Wildman–Crippen LogP) is -6.46. The fourth-order valence-corrected chi connectivity index (χ4v) is 2.07. The molecule has 2 unspecified atom stereocenters. The standard InChI is InChI=1S/C14H29N2O5.2ClH/c1-15(2,3)9-11(17)7-14(20)21-12(8-13(18)19)10-16(4,5)6;;/h11-12,17H,7-10H2,1-6H3;2*1H/q+1;;/p-1. The Morgan fingerprint density at radius 3 is 1.70 bits per heavy atom.